The summed E-state index contributed by atoms with van der Waals surface area (Å²) in [4.78, 5) is 23.3. The van der Waals surface area contributed by atoms with Gasteiger partial charge in [-0.1, -0.05) is 56.3 Å². The Hall–Kier alpha value is -3.09. The van der Waals surface area contributed by atoms with Gasteiger partial charge in [-0.3, -0.25) is 9.59 Å². The molecule has 0 aliphatic heterocycles. The van der Waals surface area contributed by atoms with Crippen molar-refractivity contribution in [3.05, 3.63) is 66.9 Å². The van der Waals surface area contributed by atoms with E-state index in [-0.39, 0.29) is 5.92 Å². The molecule has 2 N–H and O–H groups in total. The van der Waals surface area contributed by atoms with Gasteiger partial charge in [0.25, 0.3) is 5.78 Å². The zero-order valence-corrected chi connectivity index (χ0v) is 15.5. The van der Waals surface area contributed by atoms with Gasteiger partial charge in [-0.25, -0.2) is 0 Å². The van der Waals surface area contributed by atoms with Crippen molar-refractivity contribution >= 4 is 17.4 Å². The number of benzene rings is 2. The maximum Gasteiger partial charge on any atom is 0.454 e. The number of halogens is 3. The number of alkyl halides is 3. The van der Waals surface area contributed by atoms with Gasteiger partial charge in [-0.05, 0) is 29.2 Å². The lowest BCUT2D eigenvalue weighted by Gasteiger charge is -2.20. The van der Waals surface area contributed by atoms with Crippen LogP contribution >= 0.6 is 0 Å². The van der Waals surface area contributed by atoms with Crippen molar-refractivity contribution in [3.63, 3.8) is 0 Å². The van der Waals surface area contributed by atoms with Gasteiger partial charge in [0.15, 0.2) is 0 Å². The highest BCUT2D eigenvalue weighted by atomic mass is 19.4. The summed E-state index contributed by atoms with van der Waals surface area (Å²) >= 11 is 0. The number of hydrogen-bond donors (Lipinski definition) is 2. The third-order valence-corrected chi connectivity index (χ3v) is 4.00. The molecule has 1 amide bonds. The topological polar surface area (TPSA) is 58.2 Å². The highest BCUT2D eigenvalue weighted by molar-refractivity contribution is 5.96. The van der Waals surface area contributed by atoms with Gasteiger partial charge in [-0.15, -0.1) is 0 Å². The van der Waals surface area contributed by atoms with Crippen molar-refractivity contribution in [2.45, 2.75) is 26.1 Å². The number of hydrogen-bond acceptors (Lipinski definition) is 3. The predicted molar refractivity (Wildman–Crippen MR) is 102 cm³/mol. The minimum Gasteiger partial charge on any atom is -0.379 e. The fraction of sp³-hybridized carbons (Fsp3) is 0.238. The van der Waals surface area contributed by atoms with E-state index in [4.69, 9.17) is 0 Å². The van der Waals surface area contributed by atoms with Crippen LogP contribution in [0.4, 0.5) is 18.9 Å². The van der Waals surface area contributed by atoms with Crippen LogP contribution in [0.3, 0.4) is 0 Å². The number of carbonyl (C=O) groups excluding carboxylic acids is 2. The Morgan fingerprint density at radius 1 is 0.929 bits per heavy atom. The molecule has 0 saturated carbocycles. The lowest BCUT2D eigenvalue weighted by atomic mass is 10.0. The number of rotatable bonds is 7. The number of amides is 1. The van der Waals surface area contributed by atoms with Gasteiger partial charge in [0.05, 0.1) is 0 Å². The summed E-state index contributed by atoms with van der Waals surface area (Å²) in [5, 5.41) is 5.29. The third-order valence-electron chi connectivity index (χ3n) is 4.00. The second-order valence-corrected chi connectivity index (χ2v) is 6.52. The second-order valence-electron chi connectivity index (χ2n) is 6.52. The summed E-state index contributed by atoms with van der Waals surface area (Å²) in [5.41, 5.74) is 2.60. The average molecular weight is 390 g/mol. The first-order valence-corrected chi connectivity index (χ1v) is 8.68. The van der Waals surface area contributed by atoms with E-state index in [1.165, 1.54) is 0 Å². The summed E-state index contributed by atoms with van der Waals surface area (Å²) in [6, 6.07) is 16.2. The molecule has 1 atom stereocenters. The molecule has 0 heterocycles. The number of allylic oxidation sites excluding steroid dienone is 1. The van der Waals surface area contributed by atoms with Gasteiger partial charge in [-0.2, -0.15) is 13.2 Å². The Bertz CT molecular complexity index is 829. The summed E-state index contributed by atoms with van der Waals surface area (Å²) in [6.45, 7) is 3.49. The molecule has 148 valence electrons. The zero-order chi connectivity index (χ0) is 20.7. The molecule has 0 aliphatic rings. The first kappa shape index (κ1) is 21.2. The standard InChI is InChI=1S/C21H21F3N2O2/c1-14(2)19(25-13-12-18(27)21(22,23)24)20(28)26-17-10-8-16(9-11-17)15-6-4-3-5-7-15/h3-14,19,25H,1-2H3,(H,26,28)/b13-12+. The highest BCUT2D eigenvalue weighted by Gasteiger charge is 2.36. The minimum atomic E-state index is -4.94. The van der Waals surface area contributed by atoms with Crippen LogP contribution in [0.1, 0.15) is 13.8 Å². The second kappa shape index (κ2) is 9.21. The van der Waals surface area contributed by atoms with Crippen molar-refractivity contribution in [3.8, 4) is 11.1 Å². The van der Waals surface area contributed by atoms with E-state index in [9.17, 15) is 22.8 Å². The van der Waals surface area contributed by atoms with Crippen LogP contribution in [0.5, 0.6) is 0 Å². The molecule has 7 heteroatoms. The Morgan fingerprint density at radius 2 is 1.50 bits per heavy atom. The molecule has 28 heavy (non-hydrogen) atoms. The van der Waals surface area contributed by atoms with Gasteiger partial charge in [0.1, 0.15) is 6.04 Å². The van der Waals surface area contributed by atoms with Gasteiger partial charge >= 0.3 is 6.18 Å². The number of anilines is 1. The molecule has 0 bridgehead atoms. The van der Waals surface area contributed by atoms with Crippen LogP contribution in [0.2, 0.25) is 0 Å². The molecule has 0 radical (unpaired) electrons. The van der Waals surface area contributed by atoms with E-state index in [1.54, 1.807) is 26.0 Å². The lowest BCUT2D eigenvalue weighted by Crippen LogP contribution is -2.42. The van der Waals surface area contributed by atoms with E-state index in [0.717, 1.165) is 17.3 Å². The number of nitrogens with one attached hydrogen (secondary N) is 2. The average Bonchev–Trinajstić information content (AvgIpc) is 2.65. The normalized spacial score (nSPS) is 12.8. The van der Waals surface area contributed by atoms with Gasteiger partial charge in [0.2, 0.25) is 5.91 Å². The molecule has 2 aromatic carbocycles. The van der Waals surface area contributed by atoms with Crippen molar-refractivity contribution in [1.29, 1.82) is 0 Å². The maximum atomic E-state index is 12.5. The largest absolute Gasteiger partial charge is 0.454 e. The minimum absolute atomic E-state index is 0.214. The zero-order valence-electron chi connectivity index (χ0n) is 15.5. The molecule has 2 aromatic rings. The molecule has 0 saturated heterocycles. The van der Waals surface area contributed by atoms with Crippen LogP contribution in [-0.2, 0) is 9.59 Å². The summed E-state index contributed by atoms with van der Waals surface area (Å²) < 4.78 is 36.7. The van der Waals surface area contributed by atoms with Crippen LogP contribution in [0, 0.1) is 5.92 Å². The summed E-state index contributed by atoms with van der Waals surface area (Å²) in [5.74, 6) is -2.61. The fourth-order valence-electron chi connectivity index (χ4n) is 2.49. The fourth-order valence-corrected chi connectivity index (χ4v) is 2.49. The molecular weight excluding hydrogens is 369 g/mol. The molecule has 0 spiro atoms. The smallest absolute Gasteiger partial charge is 0.379 e. The molecular formula is C21H21F3N2O2. The van der Waals surface area contributed by atoms with Crippen LogP contribution in [0.15, 0.2) is 66.9 Å². The van der Waals surface area contributed by atoms with Crippen LogP contribution in [0.25, 0.3) is 11.1 Å². The SMILES string of the molecule is CC(C)C(N/C=C/C(=O)C(F)(F)F)C(=O)Nc1ccc(-c2ccccc2)cc1. The van der Waals surface area contributed by atoms with Crippen LogP contribution < -0.4 is 10.6 Å². The van der Waals surface area contributed by atoms with E-state index in [1.807, 2.05) is 42.5 Å². The first-order chi connectivity index (χ1) is 13.2. The highest BCUT2D eigenvalue weighted by Crippen LogP contribution is 2.21. The third kappa shape index (κ3) is 5.97. The Morgan fingerprint density at radius 3 is 2.04 bits per heavy atom. The monoisotopic (exact) mass is 390 g/mol. The van der Waals surface area contributed by atoms with Crippen molar-refractivity contribution in [2.24, 2.45) is 5.92 Å². The quantitative estimate of drug-likeness (QED) is 0.682. The van der Waals surface area contributed by atoms with E-state index in [0.29, 0.717) is 11.8 Å². The van der Waals surface area contributed by atoms with Crippen molar-refractivity contribution in [2.75, 3.05) is 5.32 Å². The van der Waals surface area contributed by atoms with Gasteiger partial charge in [0, 0.05) is 18.0 Å². The Balaban J connectivity index is 2.02. The molecule has 1 unspecified atom stereocenters. The van der Waals surface area contributed by atoms with E-state index in [2.05, 4.69) is 10.6 Å². The molecule has 0 fully saturated rings. The van der Waals surface area contributed by atoms with Crippen molar-refractivity contribution in [1.82, 2.24) is 5.32 Å². The summed E-state index contributed by atoms with van der Waals surface area (Å²) in [7, 11) is 0. The van der Waals surface area contributed by atoms with Crippen LogP contribution in [-0.4, -0.2) is 23.9 Å². The number of carbonyl (C=O) groups is 2. The first-order valence-electron chi connectivity index (χ1n) is 8.68. The van der Waals surface area contributed by atoms with Gasteiger partial charge < -0.3 is 10.6 Å². The van der Waals surface area contributed by atoms with E-state index >= 15 is 0 Å². The lowest BCUT2D eigenvalue weighted by molar-refractivity contribution is -0.165. The maximum absolute atomic E-state index is 12.5. The Kier molecular flexibility index (Phi) is 6.98. The Labute approximate surface area is 161 Å². The van der Waals surface area contributed by atoms with E-state index < -0.39 is 23.9 Å². The number of ketones is 1. The molecule has 0 aromatic heterocycles. The summed E-state index contributed by atoms with van der Waals surface area (Å²) in [6.07, 6.45) is -3.70. The predicted octanol–water partition coefficient (Wildman–Crippen LogP) is 4.55. The molecule has 4 nitrogen and oxygen atoms in total. The van der Waals surface area contributed by atoms with Crippen molar-refractivity contribution < 1.29 is 22.8 Å². The molecule has 0 aliphatic carbocycles. The molecule has 2 rings (SSSR count).